The molecule has 0 saturated heterocycles. The number of halogens is 1. The minimum absolute atomic E-state index is 0.291. The summed E-state index contributed by atoms with van der Waals surface area (Å²) < 4.78 is 13.8. The second-order valence-corrected chi connectivity index (χ2v) is 4.80. The predicted molar refractivity (Wildman–Crippen MR) is 61.1 cm³/mol. The molecule has 0 bridgehead atoms. The number of carboxylic acids is 1. The third-order valence-electron chi connectivity index (χ3n) is 2.56. The molecule has 1 atom stereocenters. The standard InChI is InChI=1S/C10H9FN2O3S/c1-4-5(2)17-8-6(4)9(14)13(3-12-8)7(11)10(15)16/h3,7H,1-2H3,(H,15,16). The lowest BCUT2D eigenvalue weighted by Crippen LogP contribution is -2.27. The van der Waals surface area contributed by atoms with Gasteiger partial charge in [0.2, 0.25) is 0 Å². The zero-order valence-electron chi connectivity index (χ0n) is 9.10. The van der Waals surface area contributed by atoms with Crippen molar-refractivity contribution in [2.24, 2.45) is 0 Å². The normalized spacial score (nSPS) is 12.9. The number of hydrogen-bond acceptors (Lipinski definition) is 4. The van der Waals surface area contributed by atoms with Gasteiger partial charge in [0.25, 0.3) is 11.9 Å². The monoisotopic (exact) mass is 256 g/mol. The van der Waals surface area contributed by atoms with Crippen LogP contribution in [-0.4, -0.2) is 20.6 Å². The molecule has 0 amide bonds. The first-order valence-corrected chi connectivity index (χ1v) is 5.59. The van der Waals surface area contributed by atoms with E-state index in [2.05, 4.69) is 4.98 Å². The number of hydrogen-bond donors (Lipinski definition) is 1. The average Bonchev–Trinajstić information content (AvgIpc) is 2.55. The molecule has 0 radical (unpaired) electrons. The highest BCUT2D eigenvalue weighted by Crippen LogP contribution is 2.25. The summed E-state index contributed by atoms with van der Waals surface area (Å²) in [7, 11) is 0. The summed E-state index contributed by atoms with van der Waals surface area (Å²) in [6, 6.07) is 0. The van der Waals surface area contributed by atoms with E-state index < -0.39 is 17.8 Å². The third kappa shape index (κ3) is 1.72. The van der Waals surface area contributed by atoms with E-state index in [1.54, 1.807) is 6.92 Å². The molecule has 1 N–H and O–H groups in total. The molecule has 0 spiro atoms. The highest BCUT2D eigenvalue weighted by atomic mass is 32.1. The van der Waals surface area contributed by atoms with E-state index >= 15 is 0 Å². The van der Waals surface area contributed by atoms with Crippen LogP contribution in [0.25, 0.3) is 10.2 Å². The molecule has 0 aromatic carbocycles. The van der Waals surface area contributed by atoms with Gasteiger partial charge in [-0.15, -0.1) is 11.3 Å². The summed E-state index contributed by atoms with van der Waals surface area (Å²) in [6.45, 7) is 3.56. The van der Waals surface area contributed by atoms with Crippen molar-refractivity contribution in [3.05, 3.63) is 27.1 Å². The van der Waals surface area contributed by atoms with E-state index in [-0.39, 0.29) is 0 Å². The van der Waals surface area contributed by atoms with Crippen LogP contribution in [0, 0.1) is 13.8 Å². The summed E-state index contributed by atoms with van der Waals surface area (Å²) in [5.74, 6) is -1.71. The highest BCUT2D eigenvalue weighted by molar-refractivity contribution is 7.18. The van der Waals surface area contributed by atoms with Crippen molar-refractivity contribution in [3.8, 4) is 0 Å². The van der Waals surface area contributed by atoms with Crippen molar-refractivity contribution in [1.29, 1.82) is 0 Å². The first kappa shape index (κ1) is 11.7. The lowest BCUT2D eigenvalue weighted by molar-refractivity contribution is -0.146. The Labute approximate surface area is 99.1 Å². The van der Waals surface area contributed by atoms with Crippen LogP contribution >= 0.6 is 11.3 Å². The Balaban J connectivity index is 2.78. The van der Waals surface area contributed by atoms with Gasteiger partial charge >= 0.3 is 5.97 Å². The Hall–Kier alpha value is -1.76. The van der Waals surface area contributed by atoms with Gasteiger partial charge < -0.3 is 5.11 Å². The first-order chi connectivity index (χ1) is 7.93. The average molecular weight is 256 g/mol. The fourth-order valence-electron chi connectivity index (χ4n) is 1.53. The summed E-state index contributed by atoms with van der Waals surface area (Å²) in [5.41, 5.74) is 0.0567. The molecule has 7 heteroatoms. The van der Waals surface area contributed by atoms with Gasteiger partial charge in [-0.2, -0.15) is 0 Å². The molecule has 17 heavy (non-hydrogen) atoms. The lowest BCUT2D eigenvalue weighted by Gasteiger charge is -2.06. The fraction of sp³-hybridized carbons (Fsp3) is 0.300. The molecular formula is C10H9FN2O3S. The zero-order valence-corrected chi connectivity index (χ0v) is 9.92. The van der Waals surface area contributed by atoms with Gasteiger partial charge in [0.1, 0.15) is 11.2 Å². The van der Waals surface area contributed by atoms with Gasteiger partial charge in [-0.05, 0) is 19.4 Å². The quantitative estimate of drug-likeness (QED) is 0.886. The summed E-state index contributed by atoms with van der Waals surface area (Å²) >= 11 is 1.33. The molecule has 5 nitrogen and oxygen atoms in total. The second-order valence-electron chi connectivity index (χ2n) is 3.59. The minimum atomic E-state index is -2.40. The number of thiophene rings is 1. The maximum absolute atomic E-state index is 13.3. The maximum atomic E-state index is 13.3. The SMILES string of the molecule is Cc1sc2ncn(C(F)C(=O)O)c(=O)c2c1C. The van der Waals surface area contributed by atoms with Crippen molar-refractivity contribution in [3.63, 3.8) is 0 Å². The number of carboxylic acid groups (broad SMARTS) is 1. The van der Waals surface area contributed by atoms with Crippen molar-refractivity contribution in [1.82, 2.24) is 9.55 Å². The zero-order chi connectivity index (χ0) is 12.7. The Morgan fingerprint density at radius 1 is 1.59 bits per heavy atom. The maximum Gasteiger partial charge on any atom is 0.360 e. The Morgan fingerprint density at radius 3 is 2.82 bits per heavy atom. The molecular weight excluding hydrogens is 247 g/mol. The minimum Gasteiger partial charge on any atom is -0.478 e. The fourth-order valence-corrected chi connectivity index (χ4v) is 2.52. The van der Waals surface area contributed by atoms with Crippen molar-refractivity contribution in [2.75, 3.05) is 0 Å². The molecule has 0 fully saturated rings. The molecule has 0 saturated carbocycles. The molecule has 1 unspecified atom stereocenters. The van der Waals surface area contributed by atoms with Crippen LogP contribution in [-0.2, 0) is 4.79 Å². The Kier molecular flexibility index (Phi) is 2.70. The third-order valence-corrected chi connectivity index (χ3v) is 3.68. The molecule has 2 aromatic heterocycles. The first-order valence-electron chi connectivity index (χ1n) is 4.77. The largest absolute Gasteiger partial charge is 0.478 e. The van der Waals surface area contributed by atoms with Crippen molar-refractivity contribution < 1.29 is 14.3 Å². The van der Waals surface area contributed by atoms with Gasteiger partial charge in [-0.3, -0.25) is 9.36 Å². The molecule has 0 aliphatic carbocycles. The summed E-state index contributed by atoms with van der Waals surface area (Å²) in [4.78, 5) is 27.8. The van der Waals surface area contributed by atoms with Crippen LogP contribution in [0.5, 0.6) is 0 Å². The lowest BCUT2D eigenvalue weighted by atomic mass is 10.2. The van der Waals surface area contributed by atoms with Crippen molar-refractivity contribution >= 4 is 27.5 Å². The van der Waals surface area contributed by atoms with E-state index in [4.69, 9.17) is 5.11 Å². The summed E-state index contributed by atoms with van der Waals surface area (Å²) in [5, 5.41) is 8.84. The Morgan fingerprint density at radius 2 is 2.24 bits per heavy atom. The van der Waals surface area contributed by atoms with Crippen LogP contribution in [0.15, 0.2) is 11.1 Å². The van der Waals surface area contributed by atoms with Crippen LogP contribution in [0.4, 0.5) is 4.39 Å². The number of fused-ring (bicyclic) bond motifs is 1. The van der Waals surface area contributed by atoms with E-state index in [9.17, 15) is 14.0 Å². The van der Waals surface area contributed by atoms with Crippen LogP contribution in [0.2, 0.25) is 0 Å². The van der Waals surface area contributed by atoms with Gasteiger partial charge in [0.15, 0.2) is 0 Å². The molecule has 2 heterocycles. The molecule has 2 rings (SSSR count). The van der Waals surface area contributed by atoms with Crippen molar-refractivity contribution in [2.45, 2.75) is 20.1 Å². The number of nitrogens with zero attached hydrogens (tertiary/aromatic N) is 2. The van der Waals surface area contributed by atoms with Gasteiger partial charge in [-0.1, -0.05) is 0 Å². The van der Waals surface area contributed by atoms with E-state index in [0.717, 1.165) is 16.8 Å². The molecule has 0 aliphatic rings. The van der Waals surface area contributed by atoms with Gasteiger partial charge in [0.05, 0.1) is 5.39 Å². The number of aliphatic carboxylic acids is 1. The topological polar surface area (TPSA) is 72.2 Å². The van der Waals surface area contributed by atoms with E-state index in [1.165, 1.54) is 11.3 Å². The van der Waals surface area contributed by atoms with Gasteiger partial charge in [0, 0.05) is 4.88 Å². The number of aromatic nitrogens is 2. The molecule has 2 aromatic rings. The van der Waals surface area contributed by atoms with Crippen LogP contribution < -0.4 is 5.56 Å². The Bertz CT molecular complexity index is 661. The smallest absolute Gasteiger partial charge is 0.360 e. The van der Waals surface area contributed by atoms with Crippen LogP contribution in [0.1, 0.15) is 16.7 Å². The second kappa shape index (κ2) is 3.92. The number of aryl methyl sites for hydroxylation is 2. The highest BCUT2D eigenvalue weighted by Gasteiger charge is 2.22. The van der Waals surface area contributed by atoms with E-state index in [1.807, 2.05) is 6.92 Å². The predicted octanol–water partition coefficient (Wildman–Crippen LogP) is 1.63. The molecule has 0 aliphatic heterocycles. The van der Waals surface area contributed by atoms with Crippen LogP contribution in [0.3, 0.4) is 0 Å². The number of alkyl halides is 1. The van der Waals surface area contributed by atoms with E-state index in [0.29, 0.717) is 14.8 Å². The summed E-state index contributed by atoms with van der Waals surface area (Å²) in [6.07, 6.45) is -1.47. The number of rotatable bonds is 2. The number of carbonyl (C=O) groups is 1. The molecule has 90 valence electrons. The van der Waals surface area contributed by atoms with Gasteiger partial charge in [-0.25, -0.2) is 14.2 Å².